The van der Waals surface area contributed by atoms with Gasteiger partial charge in [-0.2, -0.15) is 0 Å². The van der Waals surface area contributed by atoms with Crippen LogP contribution >= 0.6 is 0 Å². The lowest BCUT2D eigenvalue weighted by Crippen LogP contribution is -2.41. The molecule has 0 aromatic carbocycles. The van der Waals surface area contributed by atoms with E-state index in [2.05, 4.69) is 38.6 Å². The minimum atomic E-state index is -1.61. The van der Waals surface area contributed by atoms with Gasteiger partial charge in [-0.3, -0.25) is 0 Å². The zero-order valence-corrected chi connectivity index (χ0v) is 15.2. The van der Waals surface area contributed by atoms with Crippen molar-refractivity contribution in [2.75, 3.05) is 52.9 Å². The van der Waals surface area contributed by atoms with Crippen LogP contribution in [0.25, 0.3) is 0 Å². The molecule has 0 aliphatic rings. The van der Waals surface area contributed by atoms with Crippen molar-refractivity contribution in [1.29, 1.82) is 0 Å². The largest absolute Gasteiger partial charge is 0.414 e. The van der Waals surface area contributed by atoms with Crippen molar-refractivity contribution < 1.29 is 29.2 Å². The molecule has 130 valence electrons. The molecule has 0 heterocycles. The van der Waals surface area contributed by atoms with Crippen LogP contribution in [-0.2, 0) is 13.9 Å². The second kappa shape index (κ2) is 13.6. The molecule has 6 nitrogen and oxygen atoms in total. The lowest BCUT2D eigenvalue weighted by Gasteiger charge is -2.36. The summed E-state index contributed by atoms with van der Waals surface area (Å²) in [7, 11) is -1.61. The molecule has 0 amide bonds. The Morgan fingerprint density at radius 1 is 0.714 bits per heavy atom. The molecule has 0 saturated carbocycles. The third kappa shape index (κ3) is 14.7. The van der Waals surface area contributed by atoms with Gasteiger partial charge in [0.15, 0.2) is 8.32 Å². The molecule has 0 aliphatic heterocycles. The molecule has 0 atom stereocenters. The van der Waals surface area contributed by atoms with Gasteiger partial charge in [-0.1, -0.05) is 20.8 Å². The van der Waals surface area contributed by atoms with Crippen LogP contribution in [0.3, 0.4) is 0 Å². The van der Waals surface area contributed by atoms with Gasteiger partial charge in [0.05, 0.1) is 52.9 Å². The summed E-state index contributed by atoms with van der Waals surface area (Å²) in [5, 5.41) is 24.9. The number of hydrogen-bond donors (Lipinski definition) is 3. The van der Waals surface area contributed by atoms with Crippen LogP contribution in [-0.4, -0.2) is 76.5 Å². The summed E-state index contributed by atoms with van der Waals surface area (Å²) in [6, 6.07) is 0. The van der Waals surface area contributed by atoms with E-state index in [4.69, 9.17) is 24.5 Å². The third-order valence-electron chi connectivity index (χ3n) is 3.20. The molecule has 0 rings (SSSR count). The first-order valence-electron chi connectivity index (χ1n) is 7.35. The zero-order valence-electron chi connectivity index (χ0n) is 14.2. The van der Waals surface area contributed by atoms with Gasteiger partial charge in [0, 0.05) is 0 Å². The van der Waals surface area contributed by atoms with Crippen molar-refractivity contribution in [3.8, 4) is 0 Å². The van der Waals surface area contributed by atoms with Crippen LogP contribution in [0.15, 0.2) is 0 Å². The number of aliphatic hydroxyl groups is 3. The molecule has 0 aromatic heterocycles. The van der Waals surface area contributed by atoms with Gasteiger partial charge in [0.1, 0.15) is 0 Å². The second-order valence-electron chi connectivity index (χ2n) is 6.00. The topological polar surface area (TPSA) is 88.4 Å². The number of hydrogen-bond acceptors (Lipinski definition) is 6. The first-order valence-corrected chi connectivity index (χ1v) is 10.3. The second-order valence-corrected chi connectivity index (χ2v) is 10.8. The molecular weight excluding hydrogens is 292 g/mol. The molecule has 0 aliphatic carbocycles. The normalized spacial score (nSPS) is 12.0. The monoisotopic (exact) mass is 326 g/mol. The average molecular weight is 327 g/mol. The quantitative estimate of drug-likeness (QED) is 0.410. The van der Waals surface area contributed by atoms with Crippen molar-refractivity contribution in [2.45, 2.75) is 38.9 Å². The smallest absolute Gasteiger partial charge is 0.192 e. The molecule has 0 spiro atoms. The van der Waals surface area contributed by atoms with Crippen LogP contribution in [0.1, 0.15) is 20.8 Å². The first kappa shape index (κ1) is 23.2. The maximum Gasteiger partial charge on any atom is 0.192 e. The SMILES string of the molecule is CC(C)(C)[Si](C)(C)OCCOCCO.OCCOCCO. The van der Waals surface area contributed by atoms with E-state index in [1.54, 1.807) is 0 Å². The minimum Gasteiger partial charge on any atom is -0.414 e. The standard InChI is InChI=1S/C10H24O3Si.C4H10O3/c1-10(2,3)14(4,5)13-9-8-12-7-6-11;5-1-3-7-4-2-6/h11H,6-9H2,1-5H3;5-6H,1-4H2. The van der Waals surface area contributed by atoms with Crippen molar-refractivity contribution in [3.63, 3.8) is 0 Å². The van der Waals surface area contributed by atoms with Crippen LogP contribution < -0.4 is 0 Å². The Hall–Kier alpha value is -0.0231. The highest BCUT2D eigenvalue weighted by atomic mass is 28.4. The van der Waals surface area contributed by atoms with Crippen molar-refractivity contribution in [3.05, 3.63) is 0 Å². The Bertz CT molecular complexity index is 214. The molecule has 0 fully saturated rings. The predicted octanol–water partition coefficient (Wildman–Crippen LogP) is 1.00. The van der Waals surface area contributed by atoms with Crippen molar-refractivity contribution in [1.82, 2.24) is 0 Å². The molecule has 0 radical (unpaired) electrons. The van der Waals surface area contributed by atoms with Gasteiger partial charge >= 0.3 is 0 Å². The molecule has 3 N–H and O–H groups in total. The summed E-state index contributed by atoms with van der Waals surface area (Å²) >= 11 is 0. The fraction of sp³-hybridized carbons (Fsp3) is 1.00. The third-order valence-corrected chi connectivity index (χ3v) is 7.74. The summed E-state index contributed by atoms with van der Waals surface area (Å²) < 4.78 is 15.6. The maximum atomic E-state index is 8.50. The summed E-state index contributed by atoms with van der Waals surface area (Å²) in [4.78, 5) is 0. The van der Waals surface area contributed by atoms with Crippen LogP contribution in [0, 0.1) is 0 Å². The number of rotatable bonds is 10. The average Bonchev–Trinajstić information content (AvgIpc) is 2.38. The van der Waals surface area contributed by atoms with E-state index in [-0.39, 0.29) is 24.9 Å². The molecule has 7 heteroatoms. The van der Waals surface area contributed by atoms with Gasteiger partial charge in [-0.15, -0.1) is 0 Å². The Morgan fingerprint density at radius 3 is 1.43 bits per heavy atom. The van der Waals surface area contributed by atoms with Crippen LogP contribution in [0.2, 0.25) is 18.1 Å². The van der Waals surface area contributed by atoms with Gasteiger partial charge < -0.3 is 29.2 Å². The lowest BCUT2D eigenvalue weighted by molar-refractivity contribution is 0.0650. The highest BCUT2D eigenvalue weighted by molar-refractivity contribution is 6.74. The van der Waals surface area contributed by atoms with Gasteiger partial charge in [-0.25, -0.2) is 0 Å². The maximum absolute atomic E-state index is 8.50. The first-order chi connectivity index (χ1) is 9.72. The summed E-state index contributed by atoms with van der Waals surface area (Å²) in [6.45, 7) is 13.5. The molecule has 0 saturated heterocycles. The van der Waals surface area contributed by atoms with Crippen molar-refractivity contribution >= 4 is 8.32 Å². The summed E-state index contributed by atoms with van der Waals surface area (Å²) in [5.74, 6) is 0. The van der Waals surface area contributed by atoms with E-state index in [0.29, 0.717) is 33.0 Å². The Morgan fingerprint density at radius 2 is 1.10 bits per heavy atom. The fourth-order valence-corrected chi connectivity index (χ4v) is 2.00. The fourth-order valence-electron chi connectivity index (χ4n) is 0.970. The van der Waals surface area contributed by atoms with Crippen molar-refractivity contribution in [2.24, 2.45) is 0 Å². The van der Waals surface area contributed by atoms with E-state index in [1.165, 1.54) is 0 Å². The minimum absolute atomic E-state index is 0.0278. The molecule has 0 aromatic rings. The molecular formula is C14H34O6Si. The number of ether oxygens (including phenoxy) is 2. The zero-order chi connectivity index (χ0) is 16.8. The van der Waals surface area contributed by atoms with E-state index in [0.717, 1.165) is 0 Å². The highest BCUT2D eigenvalue weighted by Crippen LogP contribution is 2.36. The highest BCUT2D eigenvalue weighted by Gasteiger charge is 2.36. The Balaban J connectivity index is 0. The predicted molar refractivity (Wildman–Crippen MR) is 86.0 cm³/mol. The van der Waals surface area contributed by atoms with E-state index in [9.17, 15) is 0 Å². The van der Waals surface area contributed by atoms with E-state index in [1.807, 2.05) is 0 Å². The van der Waals surface area contributed by atoms with Gasteiger partial charge in [0.25, 0.3) is 0 Å². The molecule has 0 bridgehead atoms. The van der Waals surface area contributed by atoms with E-state index < -0.39 is 8.32 Å². The molecule has 21 heavy (non-hydrogen) atoms. The molecule has 0 unspecified atom stereocenters. The Kier molecular flexibility index (Phi) is 15.1. The number of aliphatic hydroxyl groups excluding tert-OH is 3. The van der Waals surface area contributed by atoms with Crippen LogP contribution in [0.4, 0.5) is 0 Å². The van der Waals surface area contributed by atoms with Gasteiger partial charge in [-0.05, 0) is 18.1 Å². The van der Waals surface area contributed by atoms with E-state index >= 15 is 0 Å². The summed E-state index contributed by atoms with van der Waals surface area (Å²) in [6.07, 6.45) is 0. The van der Waals surface area contributed by atoms with Crippen LogP contribution in [0.5, 0.6) is 0 Å². The Labute approximate surface area is 130 Å². The lowest BCUT2D eigenvalue weighted by atomic mass is 10.2. The summed E-state index contributed by atoms with van der Waals surface area (Å²) in [5.41, 5.74) is 0. The van der Waals surface area contributed by atoms with Gasteiger partial charge in [0.2, 0.25) is 0 Å².